The molecule has 0 fully saturated rings. The van der Waals surface area contributed by atoms with Crippen molar-refractivity contribution in [2.45, 2.75) is 13.8 Å². The average Bonchev–Trinajstić information content (AvgIpc) is 1.96. The number of hydrogen-bond acceptors (Lipinski definition) is 2. The molecule has 1 N–H and O–H groups in total. The van der Waals surface area contributed by atoms with Gasteiger partial charge >= 0.3 is 0 Å². The minimum Gasteiger partial charge on any atom is -0.400 e. The van der Waals surface area contributed by atoms with E-state index in [0.29, 0.717) is 0 Å². The Morgan fingerprint density at radius 1 is 1.10 bits per heavy atom. The zero-order chi connectivity index (χ0) is 8.83. The zero-order valence-corrected chi connectivity index (χ0v) is 8.24. The van der Waals surface area contributed by atoms with Crippen molar-refractivity contribution in [1.82, 2.24) is 0 Å². The van der Waals surface area contributed by atoms with Crippen molar-refractivity contribution >= 4 is 23.2 Å². The molecule has 0 saturated heterocycles. The molecule has 4 heteroatoms. The van der Waals surface area contributed by atoms with Crippen LogP contribution in [0.15, 0.2) is 0 Å². The molecule has 0 saturated carbocycles. The Morgan fingerprint density at radius 3 is 1.30 bits per heavy atom. The highest BCUT2D eigenvalue weighted by molar-refractivity contribution is 6.40. The van der Waals surface area contributed by atoms with Crippen LogP contribution in [0, 0.1) is 0 Å². The van der Waals surface area contributed by atoms with Crippen LogP contribution in [0.2, 0.25) is 0 Å². The number of aliphatic hydroxyl groups excluding tert-OH is 1. The Bertz CT molecular complexity index is 27.7. The monoisotopic (exact) mass is 190 g/mol. The predicted octanol–water partition coefficient (Wildman–Crippen LogP) is 2.07. The molecule has 0 atom stereocenters. The second-order valence-electron chi connectivity index (χ2n) is 0.882. The fraction of sp³-hybridized carbons (Fsp3) is 1.00. The van der Waals surface area contributed by atoms with E-state index in [9.17, 15) is 0 Å². The Balaban J connectivity index is -0.0000000847. The van der Waals surface area contributed by atoms with E-state index in [-0.39, 0.29) is 5.34 Å². The SMILES string of the molecule is CCOCC.CO.ClCCl. The molecule has 0 unspecified atom stereocenters. The lowest BCUT2D eigenvalue weighted by Gasteiger charge is -1.86. The molecule has 0 rings (SSSR count). The molecule has 0 aliphatic carbocycles. The summed E-state index contributed by atoms with van der Waals surface area (Å²) in [5.74, 6) is 0. The van der Waals surface area contributed by atoms with E-state index < -0.39 is 0 Å². The lowest BCUT2D eigenvalue weighted by Crippen LogP contribution is -1.84. The molecule has 0 aromatic heterocycles. The van der Waals surface area contributed by atoms with Gasteiger partial charge in [-0.1, -0.05) is 0 Å². The summed E-state index contributed by atoms with van der Waals surface area (Å²) in [7, 11) is 1.00. The summed E-state index contributed by atoms with van der Waals surface area (Å²) in [6, 6.07) is 0. The second-order valence-corrected chi connectivity index (χ2v) is 1.69. The molecule has 0 spiro atoms. The van der Waals surface area contributed by atoms with E-state index in [0.717, 1.165) is 20.3 Å². The quantitative estimate of drug-likeness (QED) is 0.677. The summed E-state index contributed by atoms with van der Waals surface area (Å²) in [5, 5.41) is 7.19. The van der Waals surface area contributed by atoms with Crippen molar-refractivity contribution in [1.29, 1.82) is 0 Å². The van der Waals surface area contributed by atoms with Gasteiger partial charge in [-0.05, 0) is 13.8 Å². The van der Waals surface area contributed by atoms with E-state index in [2.05, 4.69) is 0 Å². The maximum atomic E-state index is 7.00. The van der Waals surface area contributed by atoms with Crippen molar-refractivity contribution < 1.29 is 9.84 Å². The number of ether oxygens (including phenoxy) is 1. The van der Waals surface area contributed by atoms with Crippen LogP contribution in [0.4, 0.5) is 0 Å². The van der Waals surface area contributed by atoms with Crippen molar-refractivity contribution in [3.63, 3.8) is 0 Å². The van der Waals surface area contributed by atoms with Gasteiger partial charge in [-0.15, -0.1) is 23.2 Å². The molecule has 2 nitrogen and oxygen atoms in total. The smallest absolute Gasteiger partial charge is 0.0967 e. The molecule has 0 aromatic rings. The second kappa shape index (κ2) is 33.9. The molecule has 0 aliphatic heterocycles. The minimum absolute atomic E-state index is 0.194. The number of halogens is 2. The van der Waals surface area contributed by atoms with Crippen molar-refractivity contribution in [3.05, 3.63) is 0 Å². The van der Waals surface area contributed by atoms with E-state index in [1.54, 1.807) is 0 Å². The Labute approximate surface area is 73.1 Å². The van der Waals surface area contributed by atoms with Gasteiger partial charge in [0.2, 0.25) is 0 Å². The largest absolute Gasteiger partial charge is 0.400 e. The minimum atomic E-state index is 0.194. The summed E-state index contributed by atoms with van der Waals surface area (Å²) < 4.78 is 4.83. The third-order valence-electron chi connectivity index (χ3n) is 0.408. The van der Waals surface area contributed by atoms with Gasteiger partial charge in [-0.2, -0.15) is 0 Å². The zero-order valence-electron chi connectivity index (χ0n) is 6.73. The van der Waals surface area contributed by atoms with Crippen molar-refractivity contribution in [2.24, 2.45) is 0 Å². The van der Waals surface area contributed by atoms with Crippen molar-refractivity contribution in [3.8, 4) is 0 Å². The standard InChI is InChI=1S/C4H10O.CH2Cl2.CH4O/c1-3-5-4-2;2-1-3;1-2/h3-4H2,1-2H3;1H2;2H,1H3. The lowest BCUT2D eigenvalue weighted by molar-refractivity contribution is 0.162. The normalized spacial score (nSPS) is 6.60. The van der Waals surface area contributed by atoms with Crippen LogP contribution in [-0.2, 0) is 4.74 Å². The van der Waals surface area contributed by atoms with Crippen LogP contribution in [0.3, 0.4) is 0 Å². The number of hydrogen-bond donors (Lipinski definition) is 1. The molecular formula is C6H16Cl2O2. The third kappa shape index (κ3) is 76.5. The van der Waals surface area contributed by atoms with E-state index >= 15 is 0 Å². The summed E-state index contributed by atoms with van der Waals surface area (Å²) in [4.78, 5) is 0. The van der Waals surface area contributed by atoms with Crippen LogP contribution in [0.1, 0.15) is 13.8 Å². The highest BCUT2D eigenvalue weighted by Crippen LogP contribution is 1.73. The average molecular weight is 191 g/mol. The summed E-state index contributed by atoms with van der Waals surface area (Å²) in [5.41, 5.74) is 0. The van der Waals surface area contributed by atoms with Gasteiger partial charge in [-0.25, -0.2) is 0 Å². The molecule has 0 aromatic carbocycles. The highest BCUT2D eigenvalue weighted by Gasteiger charge is 1.64. The van der Waals surface area contributed by atoms with Gasteiger partial charge in [0.25, 0.3) is 0 Å². The Kier molecular flexibility index (Phi) is 57.1. The maximum absolute atomic E-state index is 7.00. The van der Waals surface area contributed by atoms with Gasteiger partial charge in [0, 0.05) is 20.3 Å². The topological polar surface area (TPSA) is 29.5 Å². The number of rotatable bonds is 2. The molecule has 0 bridgehead atoms. The molecule has 0 aliphatic rings. The Hall–Kier alpha value is 0.500. The van der Waals surface area contributed by atoms with E-state index in [4.69, 9.17) is 33.0 Å². The number of aliphatic hydroxyl groups is 1. The fourth-order valence-corrected chi connectivity index (χ4v) is 0.204. The first-order chi connectivity index (χ1) is 4.83. The van der Waals surface area contributed by atoms with Gasteiger partial charge in [0.15, 0.2) is 0 Å². The van der Waals surface area contributed by atoms with Crippen LogP contribution >= 0.6 is 23.2 Å². The molecular weight excluding hydrogens is 175 g/mol. The first-order valence-electron chi connectivity index (χ1n) is 2.97. The first kappa shape index (κ1) is 16.8. The summed E-state index contributed by atoms with van der Waals surface area (Å²) >= 11 is 9.53. The molecule has 66 valence electrons. The van der Waals surface area contributed by atoms with Crippen molar-refractivity contribution in [2.75, 3.05) is 25.7 Å². The maximum Gasteiger partial charge on any atom is 0.0967 e. The summed E-state index contributed by atoms with van der Waals surface area (Å²) in [6.07, 6.45) is 0. The molecule has 0 heterocycles. The van der Waals surface area contributed by atoms with Gasteiger partial charge in [-0.3, -0.25) is 0 Å². The molecule has 0 radical (unpaired) electrons. The van der Waals surface area contributed by atoms with Crippen LogP contribution in [0.25, 0.3) is 0 Å². The molecule has 0 amide bonds. The van der Waals surface area contributed by atoms with Crippen LogP contribution in [0.5, 0.6) is 0 Å². The van der Waals surface area contributed by atoms with Crippen LogP contribution < -0.4 is 0 Å². The highest BCUT2D eigenvalue weighted by atomic mass is 35.5. The predicted molar refractivity (Wildman–Crippen MR) is 46.9 cm³/mol. The lowest BCUT2D eigenvalue weighted by atomic mass is 10.8. The fourth-order valence-electron chi connectivity index (χ4n) is 0.204. The molecule has 10 heavy (non-hydrogen) atoms. The van der Waals surface area contributed by atoms with Gasteiger partial charge in [0.05, 0.1) is 5.34 Å². The first-order valence-corrected chi connectivity index (χ1v) is 4.04. The van der Waals surface area contributed by atoms with E-state index in [1.807, 2.05) is 13.8 Å². The number of alkyl halides is 2. The Morgan fingerprint density at radius 2 is 1.30 bits per heavy atom. The van der Waals surface area contributed by atoms with Gasteiger partial charge < -0.3 is 9.84 Å². The van der Waals surface area contributed by atoms with E-state index in [1.165, 1.54) is 0 Å². The van der Waals surface area contributed by atoms with Gasteiger partial charge in [0.1, 0.15) is 0 Å². The van der Waals surface area contributed by atoms with Crippen LogP contribution in [-0.4, -0.2) is 30.8 Å². The third-order valence-corrected chi connectivity index (χ3v) is 0.408. The summed E-state index contributed by atoms with van der Waals surface area (Å²) in [6.45, 7) is 5.67.